The Bertz CT molecular complexity index is 588. The van der Waals surface area contributed by atoms with E-state index >= 15 is 0 Å². The molecule has 1 heterocycles. The van der Waals surface area contributed by atoms with Crippen molar-refractivity contribution in [1.82, 2.24) is 4.31 Å². The number of nitrogens with two attached hydrogens (primary N) is 1. The van der Waals surface area contributed by atoms with Crippen LogP contribution < -0.4 is 5.73 Å². The van der Waals surface area contributed by atoms with Gasteiger partial charge in [0.05, 0.1) is 10.9 Å². The summed E-state index contributed by atoms with van der Waals surface area (Å²) in [5, 5.41) is 7.50. The number of sulfonamides is 1. The molecule has 0 aromatic heterocycles. The van der Waals surface area contributed by atoms with Crippen molar-refractivity contribution < 1.29 is 12.8 Å². The van der Waals surface area contributed by atoms with E-state index < -0.39 is 21.9 Å². The number of hydrogen-bond acceptors (Lipinski definition) is 3. The first-order chi connectivity index (χ1) is 8.93. The number of amidine groups is 1. The van der Waals surface area contributed by atoms with Crippen molar-refractivity contribution in [2.24, 2.45) is 5.73 Å². The minimum Gasteiger partial charge on any atom is -0.386 e. The molecule has 0 bridgehead atoms. The summed E-state index contributed by atoms with van der Waals surface area (Å²) in [4.78, 5) is -0.0966. The van der Waals surface area contributed by atoms with Crippen LogP contribution in [0.2, 0.25) is 0 Å². The van der Waals surface area contributed by atoms with E-state index in [1.807, 2.05) is 0 Å². The maximum absolute atomic E-state index is 13.2. The molecule has 1 aliphatic heterocycles. The van der Waals surface area contributed by atoms with Crippen molar-refractivity contribution in [3.63, 3.8) is 0 Å². The fourth-order valence-corrected chi connectivity index (χ4v) is 3.97. The third-order valence-electron chi connectivity index (χ3n) is 3.22. The summed E-state index contributed by atoms with van der Waals surface area (Å²) < 4.78 is 39.3. The Balaban J connectivity index is 2.40. The molecule has 19 heavy (non-hydrogen) atoms. The molecule has 1 saturated heterocycles. The largest absolute Gasteiger partial charge is 0.386 e. The Labute approximate surface area is 111 Å². The number of piperidine rings is 1. The zero-order chi connectivity index (χ0) is 14.0. The van der Waals surface area contributed by atoms with Gasteiger partial charge in [0.25, 0.3) is 0 Å². The van der Waals surface area contributed by atoms with Gasteiger partial charge in [-0.3, -0.25) is 5.41 Å². The third kappa shape index (κ3) is 2.76. The molecule has 1 unspecified atom stereocenters. The molecular formula is C12H16FN3O2S. The second kappa shape index (κ2) is 5.26. The second-order valence-electron chi connectivity index (χ2n) is 4.54. The Kier molecular flexibility index (Phi) is 3.86. The van der Waals surface area contributed by atoms with Gasteiger partial charge in [0.1, 0.15) is 11.7 Å². The summed E-state index contributed by atoms with van der Waals surface area (Å²) in [6, 6.07) is 4.26. The normalized spacial score (nSPS) is 21.2. The molecule has 5 nitrogen and oxygen atoms in total. The molecule has 0 amide bonds. The molecule has 0 aliphatic carbocycles. The van der Waals surface area contributed by atoms with Gasteiger partial charge in [-0.15, -0.1) is 0 Å². The lowest BCUT2D eigenvalue weighted by Crippen LogP contribution is -2.50. The minimum atomic E-state index is -3.81. The number of halogens is 1. The summed E-state index contributed by atoms with van der Waals surface area (Å²) >= 11 is 0. The van der Waals surface area contributed by atoms with Crippen molar-refractivity contribution >= 4 is 15.9 Å². The van der Waals surface area contributed by atoms with Crippen LogP contribution >= 0.6 is 0 Å². The van der Waals surface area contributed by atoms with E-state index in [0.717, 1.165) is 18.9 Å². The van der Waals surface area contributed by atoms with Crippen LogP contribution in [0.4, 0.5) is 4.39 Å². The van der Waals surface area contributed by atoms with E-state index in [4.69, 9.17) is 11.1 Å². The predicted molar refractivity (Wildman–Crippen MR) is 69.8 cm³/mol. The fraction of sp³-hybridized carbons (Fsp3) is 0.417. The van der Waals surface area contributed by atoms with Crippen LogP contribution in [0.15, 0.2) is 29.2 Å². The molecule has 0 saturated carbocycles. The van der Waals surface area contributed by atoms with Crippen LogP contribution in [0.5, 0.6) is 0 Å². The Morgan fingerprint density at radius 3 is 2.79 bits per heavy atom. The number of benzene rings is 1. The molecule has 1 aliphatic rings. The molecule has 1 aromatic rings. The molecule has 7 heteroatoms. The highest BCUT2D eigenvalue weighted by Gasteiger charge is 2.35. The number of rotatable bonds is 3. The topological polar surface area (TPSA) is 87.2 Å². The zero-order valence-corrected chi connectivity index (χ0v) is 11.2. The maximum atomic E-state index is 13.2. The van der Waals surface area contributed by atoms with Crippen molar-refractivity contribution in [2.75, 3.05) is 6.54 Å². The minimum absolute atomic E-state index is 0.0966. The molecule has 1 aromatic carbocycles. The molecule has 0 spiro atoms. The highest BCUT2D eigenvalue weighted by atomic mass is 32.2. The van der Waals surface area contributed by atoms with Crippen LogP contribution in [-0.2, 0) is 10.0 Å². The molecule has 1 fully saturated rings. The van der Waals surface area contributed by atoms with Gasteiger partial charge in [-0.2, -0.15) is 4.31 Å². The van der Waals surface area contributed by atoms with Gasteiger partial charge in [0, 0.05) is 6.54 Å². The lowest BCUT2D eigenvalue weighted by molar-refractivity contribution is 0.303. The van der Waals surface area contributed by atoms with Gasteiger partial charge in [-0.25, -0.2) is 12.8 Å². The van der Waals surface area contributed by atoms with Gasteiger partial charge in [0.15, 0.2) is 0 Å². The molecule has 104 valence electrons. The van der Waals surface area contributed by atoms with Crippen LogP contribution in [-0.4, -0.2) is 31.1 Å². The Morgan fingerprint density at radius 1 is 1.42 bits per heavy atom. The van der Waals surface area contributed by atoms with Crippen molar-refractivity contribution in [3.05, 3.63) is 30.1 Å². The van der Waals surface area contributed by atoms with Gasteiger partial charge < -0.3 is 5.73 Å². The molecule has 1 atom stereocenters. The van der Waals surface area contributed by atoms with Crippen LogP contribution in [0.3, 0.4) is 0 Å². The fourth-order valence-electron chi connectivity index (χ4n) is 2.27. The number of nitrogens with one attached hydrogen (secondary N) is 1. The van der Waals surface area contributed by atoms with Crippen LogP contribution in [0.1, 0.15) is 19.3 Å². The highest BCUT2D eigenvalue weighted by molar-refractivity contribution is 7.89. The van der Waals surface area contributed by atoms with Gasteiger partial charge >= 0.3 is 0 Å². The maximum Gasteiger partial charge on any atom is 0.243 e. The first kappa shape index (κ1) is 14.0. The van der Waals surface area contributed by atoms with Crippen LogP contribution in [0, 0.1) is 11.2 Å². The quantitative estimate of drug-likeness (QED) is 0.648. The van der Waals surface area contributed by atoms with Crippen molar-refractivity contribution in [3.8, 4) is 0 Å². The lowest BCUT2D eigenvalue weighted by Gasteiger charge is -2.33. The Hall–Kier alpha value is -1.47. The van der Waals surface area contributed by atoms with Gasteiger partial charge in [-0.05, 0) is 31.0 Å². The van der Waals surface area contributed by atoms with E-state index in [1.165, 1.54) is 22.5 Å². The summed E-state index contributed by atoms with van der Waals surface area (Å²) in [6.07, 6.45) is 2.08. The average molecular weight is 285 g/mol. The monoisotopic (exact) mass is 285 g/mol. The van der Waals surface area contributed by atoms with E-state index in [1.54, 1.807) is 0 Å². The van der Waals surface area contributed by atoms with Gasteiger partial charge in [0.2, 0.25) is 10.0 Å². The molecular weight excluding hydrogens is 269 g/mol. The van der Waals surface area contributed by atoms with E-state index in [-0.39, 0.29) is 10.7 Å². The first-order valence-electron chi connectivity index (χ1n) is 6.04. The third-order valence-corrected chi connectivity index (χ3v) is 5.12. The number of hydrogen-bond donors (Lipinski definition) is 2. The average Bonchev–Trinajstić information content (AvgIpc) is 2.38. The first-order valence-corrected chi connectivity index (χ1v) is 7.48. The lowest BCUT2D eigenvalue weighted by atomic mass is 10.0. The molecule has 0 radical (unpaired) electrons. The predicted octanol–water partition coefficient (Wildman–Crippen LogP) is 1.30. The zero-order valence-electron chi connectivity index (χ0n) is 10.3. The smallest absolute Gasteiger partial charge is 0.243 e. The standard InChI is InChI=1S/C12H16FN3O2S/c13-9-4-3-5-10(8-9)19(17,18)16-7-2-1-6-11(16)12(14)15/h3-5,8,11H,1-2,6-7H2,(H3,14,15). The number of nitrogens with zero attached hydrogens (tertiary/aromatic N) is 1. The Morgan fingerprint density at radius 2 is 2.16 bits per heavy atom. The summed E-state index contributed by atoms with van der Waals surface area (Å²) in [6.45, 7) is 0.309. The second-order valence-corrected chi connectivity index (χ2v) is 6.43. The van der Waals surface area contributed by atoms with Crippen molar-refractivity contribution in [2.45, 2.75) is 30.2 Å². The molecule has 3 N–H and O–H groups in total. The summed E-state index contributed by atoms with van der Waals surface area (Å²) in [5.41, 5.74) is 5.47. The summed E-state index contributed by atoms with van der Waals surface area (Å²) in [5.74, 6) is -0.767. The van der Waals surface area contributed by atoms with Crippen LogP contribution in [0.25, 0.3) is 0 Å². The van der Waals surface area contributed by atoms with E-state index in [2.05, 4.69) is 0 Å². The molecule has 2 rings (SSSR count). The SMILES string of the molecule is N=C(N)C1CCCCN1S(=O)(=O)c1cccc(F)c1. The highest BCUT2D eigenvalue weighted by Crippen LogP contribution is 2.25. The van der Waals surface area contributed by atoms with E-state index in [0.29, 0.717) is 13.0 Å². The van der Waals surface area contributed by atoms with E-state index in [9.17, 15) is 12.8 Å². The summed E-state index contributed by atoms with van der Waals surface area (Å²) in [7, 11) is -3.81. The van der Waals surface area contributed by atoms with Crippen molar-refractivity contribution in [1.29, 1.82) is 5.41 Å². The van der Waals surface area contributed by atoms with Gasteiger partial charge in [-0.1, -0.05) is 12.5 Å².